The van der Waals surface area contributed by atoms with E-state index in [1.165, 1.54) is 0 Å². The van der Waals surface area contributed by atoms with Gasteiger partial charge in [-0.2, -0.15) is 18.2 Å². The molecule has 2 aromatic carbocycles. The van der Waals surface area contributed by atoms with Gasteiger partial charge < -0.3 is 5.11 Å². The van der Waals surface area contributed by atoms with Crippen molar-refractivity contribution in [3.8, 4) is 0 Å². The standard InChI is InChI=1S/C12H9ClO.C5H5.Fe/c13-12(14)11-8-4-3-7-10(11)9-5-1-2-6-9;1-2-4-5-3-1;/h1-8,14H;1-5H;/q;-1;+2/p-1. The Morgan fingerprint density at radius 2 is 1.55 bits per heavy atom. The van der Waals surface area contributed by atoms with Crippen LogP contribution in [0.1, 0.15) is 0 Å². The zero-order valence-corrected chi connectivity index (χ0v) is 12.5. The second-order valence-electron chi connectivity index (χ2n) is 3.96. The van der Waals surface area contributed by atoms with Crippen molar-refractivity contribution in [2.75, 3.05) is 0 Å². The quantitative estimate of drug-likeness (QED) is 0.537. The molecule has 3 heteroatoms. The van der Waals surface area contributed by atoms with Crippen LogP contribution in [0.2, 0.25) is 0 Å². The van der Waals surface area contributed by atoms with Crippen LogP contribution in [0.15, 0.2) is 78.9 Å². The SMILES string of the molecule is [Fe+2].[O-]C(Cl)=c1ccccc1=C1C=CC=C1.c1cc[cH-]c1. The molecule has 0 bridgehead atoms. The van der Waals surface area contributed by atoms with Gasteiger partial charge in [-0.05, 0) is 21.2 Å². The minimum atomic E-state index is -0.415. The van der Waals surface area contributed by atoms with Crippen LogP contribution >= 0.6 is 11.6 Å². The van der Waals surface area contributed by atoms with E-state index in [4.69, 9.17) is 11.6 Å². The molecule has 0 radical (unpaired) electrons. The molecular formula is C17H13ClFeO. The molecule has 0 spiro atoms. The Kier molecular flexibility index (Phi) is 7.03. The van der Waals surface area contributed by atoms with Crippen molar-refractivity contribution < 1.29 is 22.2 Å². The van der Waals surface area contributed by atoms with Crippen LogP contribution in [-0.4, -0.2) is 0 Å². The number of rotatable bonds is 0. The summed E-state index contributed by atoms with van der Waals surface area (Å²) in [4.78, 5) is 0. The van der Waals surface area contributed by atoms with Crippen molar-refractivity contribution in [2.24, 2.45) is 0 Å². The van der Waals surface area contributed by atoms with E-state index in [2.05, 4.69) is 0 Å². The minimum absolute atomic E-state index is 0. The Bertz CT molecular complexity index is 662. The van der Waals surface area contributed by atoms with E-state index >= 15 is 0 Å². The first kappa shape index (κ1) is 16.5. The van der Waals surface area contributed by atoms with Crippen molar-refractivity contribution in [3.63, 3.8) is 0 Å². The smallest absolute Gasteiger partial charge is 0.864 e. The Morgan fingerprint density at radius 1 is 0.950 bits per heavy atom. The molecule has 102 valence electrons. The normalized spacial score (nSPS) is 13.3. The fourth-order valence-corrected chi connectivity index (χ4v) is 1.95. The second-order valence-corrected chi connectivity index (χ2v) is 4.30. The monoisotopic (exact) mass is 324 g/mol. The molecule has 1 aliphatic carbocycles. The number of hydrogen-bond donors (Lipinski definition) is 0. The number of benzene rings is 1. The van der Waals surface area contributed by atoms with Gasteiger partial charge in [-0.15, -0.1) is 11.6 Å². The molecule has 0 amide bonds. The molecule has 0 aliphatic heterocycles. The summed E-state index contributed by atoms with van der Waals surface area (Å²) < 4.78 is 0. The molecule has 0 fully saturated rings. The molecule has 0 heterocycles. The molecule has 2 aromatic rings. The van der Waals surface area contributed by atoms with Crippen molar-refractivity contribution in [1.82, 2.24) is 0 Å². The van der Waals surface area contributed by atoms with Gasteiger partial charge in [-0.3, -0.25) is 0 Å². The summed E-state index contributed by atoms with van der Waals surface area (Å²) in [5.74, 6) is 0. The van der Waals surface area contributed by atoms with Gasteiger partial charge in [-0.25, -0.2) is 12.1 Å². The summed E-state index contributed by atoms with van der Waals surface area (Å²) in [7, 11) is 0. The molecule has 0 N–H and O–H groups in total. The molecule has 1 nitrogen and oxygen atoms in total. The molecule has 20 heavy (non-hydrogen) atoms. The van der Waals surface area contributed by atoms with E-state index in [0.29, 0.717) is 5.22 Å². The van der Waals surface area contributed by atoms with E-state index in [9.17, 15) is 5.11 Å². The van der Waals surface area contributed by atoms with Crippen molar-refractivity contribution in [2.45, 2.75) is 0 Å². The van der Waals surface area contributed by atoms with Gasteiger partial charge in [-0.1, -0.05) is 48.6 Å². The van der Waals surface area contributed by atoms with Crippen LogP contribution in [0.5, 0.6) is 0 Å². The van der Waals surface area contributed by atoms with Crippen LogP contribution in [0, 0.1) is 0 Å². The Hall–Kier alpha value is -1.60. The summed E-state index contributed by atoms with van der Waals surface area (Å²) in [6.45, 7) is 0. The van der Waals surface area contributed by atoms with E-state index in [0.717, 1.165) is 10.8 Å². The number of allylic oxidation sites excluding steroid dienone is 4. The summed E-state index contributed by atoms with van der Waals surface area (Å²) in [6.07, 6.45) is 7.78. The predicted molar refractivity (Wildman–Crippen MR) is 78.7 cm³/mol. The second kappa shape index (κ2) is 8.55. The largest absolute Gasteiger partial charge is 2.00 e. The Labute approximate surface area is 134 Å². The van der Waals surface area contributed by atoms with Crippen molar-refractivity contribution in [1.29, 1.82) is 0 Å². The maximum absolute atomic E-state index is 11.1. The third kappa shape index (κ3) is 4.50. The van der Waals surface area contributed by atoms with Crippen LogP contribution in [0.3, 0.4) is 0 Å². The zero-order valence-electron chi connectivity index (χ0n) is 10.6. The van der Waals surface area contributed by atoms with Gasteiger partial charge in [0.2, 0.25) is 0 Å². The van der Waals surface area contributed by atoms with E-state index in [1.54, 1.807) is 6.07 Å². The van der Waals surface area contributed by atoms with Gasteiger partial charge in [0.1, 0.15) is 0 Å². The summed E-state index contributed by atoms with van der Waals surface area (Å²) in [5.41, 5.74) is 1.02. The molecule has 1 aliphatic rings. The van der Waals surface area contributed by atoms with Crippen LogP contribution in [0.4, 0.5) is 0 Å². The summed E-state index contributed by atoms with van der Waals surface area (Å²) in [5, 5.41) is 12.2. The van der Waals surface area contributed by atoms with Crippen molar-refractivity contribution in [3.05, 3.63) is 89.3 Å². The molecule has 0 saturated heterocycles. The fraction of sp³-hybridized carbons (Fsp3) is 0. The Morgan fingerprint density at radius 3 is 2.05 bits per heavy atom. The topological polar surface area (TPSA) is 23.1 Å². The van der Waals surface area contributed by atoms with Gasteiger partial charge in [0.05, 0.1) is 0 Å². The first-order valence-corrected chi connectivity index (χ1v) is 6.34. The average Bonchev–Trinajstić information content (AvgIpc) is 3.14. The van der Waals surface area contributed by atoms with E-state index < -0.39 is 5.22 Å². The summed E-state index contributed by atoms with van der Waals surface area (Å²) >= 11 is 5.49. The molecule has 0 saturated carbocycles. The number of halogens is 1. The van der Waals surface area contributed by atoms with Gasteiger partial charge in [0.15, 0.2) is 0 Å². The Balaban J connectivity index is 0.000000283. The van der Waals surface area contributed by atoms with Gasteiger partial charge in [0.25, 0.3) is 0 Å². The van der Waals surface area contributed by atoms with Crippen LogP contribution in [-0.2, 0) is 17.1 Å². The first-order chi connectivity index (χ1) is 9.29. The zero-order chi connectivity index (χ0) is 13.5. The van der Waals surface area contributed by atoms with Crippen LogP contribution in [0.25, 0.3) is 10.8 Å². The molecule has 0 unspecified atom stereocenters. The van der Waals surface area contributed by atoms with Gasteiger partial charge >= 0.3 is 17.1 Å². The van der Waals surface area contributed by atoms with Gasteiger partial charge in [0, 0.05) is 0 Å². The molecule has 0 aromatic heterocycles. The third-order valence-corrected chi connectivity index (χ3v) is 2.87. The van der Waals surface area contributed by atoms with Crippen LogP contribution < -0.4 is 15.5 Å². The van der Waals surface area contributed by atoms with E-state index in [-0.39, 0.29) is 17.1 Å². The maximum Gasteiger partial charge on any atom is 2.00 e. The fourth-order valence-electron chi connectivity index (χ4n) is 1.78. The minimum Gasteiger partial charge on any atom is -0.864 e. The predicted octanol–water partition coefficient (Wildman–Crippen LogP) is 2.03. The first-order valence-electron chi connectivity index (χ1n) is 5.96. The average molecular weight is 325 g/mol. The summed E-state index contributed by atoms with van der Waals surface area (Å²) in [6, 6.07) is 17.3. The number of hydrogen-bond acceptors (Lipinski definition) is 1. The molecule has 0 atom stereocenters. The maximum atomic E-state index is 11.1. The van der Waals surface area contributed by atoms with Crippen molar-refractivity contribution >= 4 is 22.4 Å². The van der Waals surface area contributed by atoms with E-state index in [1.807, 2.05) is 72.8 Å². The molecule has 3 rings (SSSR count). The third-order valence-electron chi connectivity index (χ3n) is 2.67. The molecular weight excluding hydrogens is 311 g/mol.